The van der Waals surface area contributed by atoms with Crippen molar-refractivity contribution >= 4 is 50.6 Å². The predicted octanol–water partition coefficient (Wildman–Crippen LogP) is -2.14. The van der Waals surface area contributed by atoms with Crippen molar-refractivity contribution in [3.8, 4) is 0 Å². The number of imidazole rings is 1. The molecule has 1 saturated heterocycles. The van der Waals surface area contributed by atoms with Gasteiger partial charge in [-0.1, -0.05) is 23.8 Å². The number of fused-ring (bicyclic) bond motifs is 1. The van der Waals surface area contributed by atoms with Gasteiger partial charge in [0.05, 0.1) is 23.5 Å². The number of hydrogen-bond acceptors (Lipinski definition) is 17. The second-order valence-electron chi connectivity index (χ2n) is 17.4. The summed E-state index contributed by atoms with van der Waals surface area (Å²) in [4.78, 5) is 79.3. The fourth-order valence-corrected chi connectivity index (χ4v) is 10.0. The Hall–Kier alpha value is -5.87. The highest BCUT2D eigenvalue weighted by Crippen LogP contribution is 2.22. The molecule has 1 aliphatic rings. The van der Waals surface area contributed by atoms with Crippen LogP contribution in [0.3, 0.4) is 0 Å². The number of aliphatic hydroxyl groups excluding tert-OH is 2. The number of aliphatic carboxylic acids is 2. The fourth-order valence-electron chi connectivity index (χ4n) is 8.40. The average molecular weight is 1000 g/mol. The smallest absolute Gasteiger partial charge is 0.323 e. The molecule has 0 saturated carbocycles. The van der Waals surface area contributed by atoms with E-state index in [-0.39, 0.29) is 80.7 Å². The first-order valence-corrected chi connectivity index (χ1v) is 24.3. The van der Waals surface area contributed by atoms with E-state index in [1.807, 2.05) is 4.90 Å². The molecule has 2 aromatic carbocycles. The summed E-state index contributed by atoms with van der Waals surface area (Å²) < 4.78 is 30.7. The van der Waals surface area contributed by atoms with Gasteiger partial charge in [0.2, 0.25) is 21.4 Å². The van der Waals surface area contributed by atoms with E-state index in [1.54, 1.807) is 82.8 Å². The van der Waals surface area contributed by atoms with Crippen LogP contribution in [0.5, 0.6) is 0 Å². The molecule has 384 valence electrons. The maximum Gasteiger partial charge on any atom is 0.323 e. The summed E-state index contributed by atoms with van der Waals surface area (Å²) in [6.45, 7) is 6.86. The summed E-state index contributed by atoms with van der Waals surface area (Å²) in [6, 6.07) is 6.57. The number of anilines is 1. The number of carbonyl (C=O) groups is 4. The lowest BCUT2D eigenvalue weighted by Gasteiger charge is -2.34. The van der Waals surface area contributed by atoms with Gasteiger partial charge in [-0.05, 0) is 56.0 Å². The van der Waals surface area contributed by atoms with Crippen LogP contribution in [0.2, 0.25) is 0 Å². The largest absolute Gasteiger partial charge is 0.480 e. The number of aromatic nitrogens is 3. The van der Waals surface area contributed by atoms with Gasteiger partial charge in [0, 0.05) is 116 Å². The van der Waals surface area contributed by atoms with E-state index in [2.05, 4.69) is 30.6 Å². The highest BCUT2D eigenvalue weighted by Gasteiger charge is 2.29. The second-order valence-corrected chi connectivity index (χ2v) is 19.0. The minimum absolute atomic E-state index is 0.0751. The van der Waals surface area contributed by atoms with Gasteiger partial charge in [-0.3, -0.25) is 43.6 Å². The monoisotopic (exact) mass is 999 g/mol. The summed E-state index contributed by atoms with van der Waals surface area (Å²) in [5.41, 5.74) is 1.89. The van der Waals surface area contributed by atoms with Crippen molar-refractivity contribution in [2.45, 2.75) is 63.8 Å². The highest BCUT2D eigenvalue weighted by molar-refractivity contribution is 7.89. The van der Waals surface area contributed by atoms with Gasteiger partial charge in [-0.15, -0.1) is 0 Å². The molecular formula is C45H65N11O13S. The number of nitrogens with one attached hydrogen (secondary N) is 5. The summed E-state index contributed by atoms with van der Waals surface area (Å²) in [7, 11) is -4.36. The molecule has 11 N–H and O–H groups in total. The number of amides is 2. The predicted molar refractivity (Wildman–Crippen MR) is 256 cm³/mol. The van der Waals surface area contributed by atoms with Crippen molar-refractivity contribution in [3.05, 3.63) is 87.0 Å². The Kier molecular flexibility index (Phi) is 20.3. The van der Waals surface area contributed by atoms with E-state index in [9.17, 15) is 63.0 Å². The summed E-state index contributed by atoms with van der Waals surface area (Å²) in [5.74, 6) is -3.37. The Morgan fingerprint density at radius 2 is 1.39 bits per heavy atom. The summed E-state index contributed by atoms with van der Waals surface area (Å²) >= 11 is 0. The number of sulfonamides is 1. The number of aliphatic hydroxyl groups is 4. The van der Waals surface area contributed by atoms with Crippen molar-refractivity contribution in [1.29, 1.82) is 0 Å². The molecule has 1 unspecified atom stereocenters. The first kappa shape index (κ1) is 55.1. The molecular weight excluding hydrogens is 935 g/mol. The van der Waals surface area contributed by atoms with Gasteiger partial charge in [0.15, 0.2) is 18.5 Å². The molecule has 25 heteroatoms. The van der Waals surface area contributed by atoms with Gasteiger partial charge in [-0.2, -0.15) is 4.72 Å². The molecule has 3 heterocycles. The molecule has 1 atom stereocenters. The van der Waals surface area contributed by atoms with Crippen LogP contribution in [-0.4, -0.2) is 207 Å². The van der Waals surface area contributed by atoms with Crippen LogP contribution in [0.4, 0.5) is 5.95 Å². The SMILES string of the molecule is Cc1cc(C)c(S(=O)(=O)NC(CNC(=O)c2cn(CCCNC(=O)CN3CCN(CC(=O)O)CCN(CC(O)O)CCN(CC(O)O)CC3)c3cc(CNc4ncc[nH]4)ccc3c2=O)C(=O)O)c(C)c1. The Morgan fingerprint density at radius 1 is 0.800 bits per heavy atom. The average Bonchev–Trinajstić information content (AvgIpc) is 3.80. The number of carboxylic acids is 2. The maximum absolute atomic E-state index is 13.9. The zero-order valence-electron chi connectivity index (χ0n) is 39.5. The molecule has 0 radical (unpaired) electrons. The topological polar surface area (TPSA) is 336 Å². The van der Waals surface area contributed by atoms with E-state index in [1.165, 1.54) is 6.20 Å². The lowest BCUT2D eigenvalue weighted by atomic mass is 10.1. The number of H-pyrrole nitrogens is 1. The second kappa shape index (κ2) is 25.8. The third-order valence-electron chi connectivity index (χ3n) is 11.7. The van der Waals surface area contributed by atoms with Crippen molar-refractivity contribution in [2.24, 2.45) is 0 Å². The molecule has 5 rings (SSSR count). The number of benzene rings is 2. The van der Waals surface area contributed by atoms with Crippen LogP contribution in [-0.2, 0) is 37.5 Å². The van der Waals surface area contributed by atoms with Gasteiger partial charge < -0.3 is 56.1 Å². The van der Waals surface area contributed by atoms with Crippen LogP contribution < -0.4 is 26.1 Å². The van der Waals surface area contributed by atoms with Gasteiger partial charge in [-0.25, -0.2) is 13.4 Å². The number of pyridine rings is 1. The Morgan fingerprint density at radius 3 is 1.93 bits per heavy atom. The lowest BCUT2D eigenvalue weighted by molar-refractivity contribution is -0.139. The van der Waals surface area contributed by atoms with Crippen molar-refractivity contribution < 1.29 is 58.2 Å². The van der Waals surface area contributed by atoms with E-state index in [0.29, 0.717) is 68.3 Å². The number of hydrogen-bond donors (Lipinski definition) is 11. The minimum Gasteiger partial charge on any atom is -0.480 e. The molecule has 0 spiro atoms. The molecule has 0 bridgehead atoms. The summed E-state index contributed by atoms with van der Waals surface area (Å²) in [6.07, 6.45) is 1.63. The van der Waals surface area contributed by atoms with Crippen molar-refractivity contribution in [3.63, 3.8) is 0 Å². The number of β-amino-alcohol motifs (C(OH)–C–C–N with tert-alkyl or cyclic N) is 4. The van der Waals surface area contributed by atoms with Gasteiger partial charge >= 0.3 is 11.9 Å². The van der Waals surface area contributed by atoms with E-state index >= 15 is 0 Å². The third-order valence-corrected chi connectivity index (χ3v) is 13.5. The van der Waals surface area contributed by atoms with Crippen LogP contribution in [0, 0.1) is 20.8 Å². The van der Waals surface area contributed by atoms with E-state index in [4.69, 9.17) is 0 Å². The number of aromatic amines is 1. The lowest BCUT2D eigenvalue weighted by Crippen LogP contribution is -2.50. The zero-order valence-corrected chi connectivity index (χ0v) is 40.3. The van der Waals surface area contributed by atoms with Crippen LogP contribution in [0.25, 0.3) is 10.9 Å². The van der Waals surface area contributed by atoms with Crippen LogP contribution in [0.1, 0.15) is 39.0 Å². The number of carbonyl (C=O) groups excluding carboxylic acids is 2. The van der Waals surface area contributed by atoms with E-state index < -0.39 is 58.5 Å². The molecule has 2 aromatic heterocycles. The Labute approximate surface area is 405 Å². The normalized spacial score (nSPS) is 15.7. The summed E-state index contributed by atoms with van der Waals surface area (Å²) in [5, 5.41) is 67.0. The fraction of sp³-hybridized carbons (Fsp3) is 0.511. The van der Waals surface area contributed by atoms with Crippen LogP contribution in [0.15, 0.2) is 58.6 Å². The highest BCUT2D eigenvalue weighted by atomic mass is 32.2. The van der Waals surface area contributed by atoms with Crippen molar-refractivity contribution in [2.75, 3.05) is 96.9 Å². The molecule has 24 nitrogen and oxygen atoms in total. The van der Waals surface area contributed by atoms with Crippen molar-refractivity contribution in [1.82, 2.24) is 49.5 Å². The molecule has 70 heavy (non-hydrogen) atoms. The first-order chi connectivity index (χ1) is 33.2. The van der Waals surface area contributed by atoms with Gasteiger partial charge in [0.1, 0.15) is 11.6 Å². The number of rotatable bonds is 22. The molecule has 1 fully saturated rings. The number of carboxylic acid groups (broad SMARTS) is 2. The number of aryl methyl sites for hydroxylation is 4. The minimum atomic E-state index is -4.36. The maximum atomic E-state index is 13.9. The Balaban J connectivity index is 1.30. The molecule has 2 amide bonds. The van der Waals surface area contributed by atoms with Gasteiger partial charge in [0.25, 0.3) is 5.91 Å². The Bertz CT molecular complexity index is 2570. The third kappa shape index (κ3) is 16.6. The van der Waals surface area contributed by atoms with E-state index in [0.717, 1.165) is 11.1 Å². The molecule has 4 aromatic rings. The zero-order chi connectivity index (χ0) is 51.1. The van der Waals surface area contributed by atoms with Crippen LogP contribution >= 0.6 is 0 Å². The quantitative estimate of drug-likeness (QED) is 0.0296. The standard InChI is InChI=1S/C45H65N11O13S/c1-29-19-30(2)42(31(3)20-29)70(68,69)51-35(44(66)67)23-49-43(65)34-24-56(36-21-32(5-6-33(36)41(34)64)22-50-45-47-8-9-48-45)10-4-7-46-37(57)25-52-11-13-53(26-38(58)59)15-17-55(28-40(62)63)18-16-54(14-12-52)27-39(60)61/h5-6,8-9,19-21,24,35,38,40,51,58-59,62-63H,4,7,10-18,22-23,25-28H2,1-3H3,(H,46,57)(H,49,65)(H,60,61)(H,66,67)(H2,47,48,50). The molecule has 1 aliphatic heterocycles. The number of nitrogens with zero attached hydrogens (tertiary/aromatic N) is 6. The first-order valence-electron chi connectivity index (χ1n) is 22.8. The molecule has 0 aliphatic carbocycles.